The number of carbonyl (C=O) groups is 2. The summed E-state index contributed by atoms with van der Waals surface area (Å²) in [6.45, 7) is 2.58. The predicted octanol–water partition coefficient (Wildman–Crippen LogP) is 3.90. The summed E-state index contributed by atoms with van der Waals surface area (Å²) in [5, 5.41) is 2.88. The number of nitrogens with one attached hydrogen (secondary N) is 1. The van der Waals surface area contributed by atoms with Gasteiger partial charge in [0.2, 0.25) is 6.79 Å². The van der Waals surface area contributed by atoms with Crippen LogP contribution in [0.15, 0.2) is 60.7 Å². The molecule has 0 saturated heterocycles. The number of hydrogen-bond acceptors (Lipinski definition) is 5. The fourth-order valence-electron chi connectivity index (χ4n) is 3.57. The number of aryl methyl sites for hydroxylation is 1. The number of carbonyl (C=O) groups excluding carboxylic acids is 2. The normalized spacial score (nSPS) is 14.1. The van der Waals surface area contributed by atoms with Crippen LogP contribution < -0.4 is 24.4 Å². The molecule has 0 fully saturated rings. The average Bonchev–Trinajstić information content (AvgIpc) is 3.25. The van der Waals surface area contributed by atoms with Crippen molar-refractivity contribution in [2.24, 2.45) is 0 Å². The topological polar surface area (TPSA) is 77.1 Å². The van der Waals surface area contributed by atoms with Crippen LogP contribution >= 0.6 is 0 Å². The molecule has 2 aliphatic heterocycles. The first kappa shape index (κ1) is 19.0. The molecule has 1 N–H and O–H groups in total. The number of fused-ring (bicyclic) bond motifs is 2. The van der Waals surface area contributed by atoms with Crippen LogP contribution in [-0.2, 0) is 11.3 Å². The summed E-state index contributed by atoms with van der Waals surface area (Å²) < 4.78 is 16.2. The molecular weight excluding hydrogens is 396 g/mol. The lowest BCUT2D eigenvalue weighted by Gasteiger charge is -2.30. The average molecular weight is 416 g/mol. The van der Waals surface area contributed by atoms with Crippen molar-refractivity contribution in [2.75, 3.05) is 23.6 Å². The number of rotatable bonds is 4. The number of nitrogens with zero attached hydrogens (tertiary/aromatic N) is 1. The molecule has 0 aliphatic carbocycles. The maximum absolute atomic E-state index is 12.7. The second-order valence-electron chi connectivity index (χ2n) is 7.46. The van der Waals surface area contributed by atoms with Crippen molar-refractivity contribution in [1.29, 1.82) is 0 Å². The van der Waals surface area contributed by atoms with Crippen LogP contribution in [0.1, 0.15) is 21.5 Å². The smallest absolute Gasteiger partial charge is 0.265 e. The van der Waals surface area contributed by atoms with Gasteiger partial charge in [-0.3, -0.25) is 9.59 Å². The lowest BCUT2D eigenvalue weighted by atomic mass is 10.1. The second-order valence-corrected chi connectivity index (χ2v) is 7.46. The van der Waals surface area contributed by atoms with Gasteiger partial charge in [0.05, 0.1) is 12.2 Å². The van der Waals surface area contributed by atoms with Gasteiger partial charge in [-0.05, 0) is 48.9 Å². The molecule has 0 unspecified atom stereocenters. The van der Waals surface area contributed by atoms with Gasteiger partial charge in [0.25, 0.3) is 11.8 Å². The lowest BCUT2D eigenvalue weighted by molar-refractivity contribution is -0.121. The van der Waals surface area contributed by atoms with E-state index in [0.29, 0.717) is 40.7 Å². The third-order valence-corrected chi connectivity index (χ3v) is 5.26. The summed E-state index contributed by atoms with van der Waals surface area (Å²) in [6.07, 6.45) is 0. The van der Waals surface area contributed by atoms with Crippen molar-refractivity contribution in [2.45, 2.75) is 13.5 Å². The molecule has 0 radical (unpaired) electrons. The van der Waals surface area contributed by atoms with E-state index in [1.807, 2.05) is 31.2 Å². The molecule has 0 saturated carbocycles. The number of ether oxygens (including phenoxy) is 3. The van der Waals surface area contributed by atoms with Gasteiger partial charge in [0.15, 0.2) is 18.1 Å². The number of amides is 2. The van der Waals surface area contributed by atoms with Gasteiger partial charge in [-0.1, -0.05) is 29.8 Å². The maximum atomic E-state index is 12.7. The zero-order chi connectivity index (χ0) is 21.4. The molecule has 0 atom stereocenters. The van der Waals surface area contributed by atoms with Crippen molar-refractivity contribution < 1.29 is 23.8 Å². The molecular formula is C24H20N2O5. The standard InChI is InChI=1S/C24H20N2O5/c1-15-2-4-16(5-3-15)12-26-19-11-18(7-9-20(19)29-13-23(26)27)25-24(28)17-6-8-21-22(10-17)31-14-30-21/h2-11H,12-14H2,1H3,(H,25,28). The highest BCUT2D eigenvalue weighted by atomic mass is 16.7. The Hall–Kier alpha value is -4.00. The Morgan fingerprint density at radius 1 is 0.935 bits per heavy atom. The molecule has 7 heteroatoms. The summed E-state index contributed by atoms with van der Waals surface area (Å²) >= 11 is 0. The van der Waals surface area contributed by atoms with Crippen LogP contribution in [-0.4, -0.2) is 25.2 Å². The molecule has 0 spiro atoms. The van der Waals surface area contributed by atoms with Crippen LogP contribution in [0.5, 0.6) is 17.2 Å². The Bertz CT molecular complexity index is 1170. The van der Waals surface area contributed by atoms with E-state index in [0.717, 1.165) is 11.1 Å². The van der Waals surface area contributed by atoms with Crippen molar-refractivity contribution >= 4 is 23.2 Å². The maximum Gasteiger partial charge on any atom is 0.265 e. The van der Waals surface area contributed by atoms with Crippen molar-refractivity contribution in [3.8, 4) is 17.2 Å². The molecule has 0 aromatic heterocycles. The summed E-state index contributed by atoms with van der Waals surface area (Å²) in [5.74, 6) is 1.35. The Kier molecular flexibility index (Phi) is 4.71. The minimum atomic E-state index is -0.286. The number of hydrogen-bond donors (Lipinski definition) is 1. The molecule has 31 heavy (non-hydrogen) atoms. The number of anilines is 2. The summed E-state index contributed by atoms with van der Waals surface area (Å²) in [7, 11) is 0. The van der Waals surface area contributed by atoms with E-state index in [1.165, 1.54) is 0 Å². The van der Waals surface area contributed by atoms with Gasteiger partial charge in [-0.2, -0.15) is 0 Å². The third-order valence-electron chi connectivity index (χ3n) is 5.26. The van der Waals surface area contributed by atoms with Crippen molar-refractivity contribution in [1.82, 2.24) is 0 Å². The van der Waals surface area contributed by atoms with Crippen LogP contribution in [0.25, 0.3) is 0 Å². The van der Waals surface area contributed by atoms with E-state index in [2.05, 4.69) is 5.32 Å². The first-order valence-electron chi connectivity index (χ1n) is 9.90. The molecule has 3 aromatic rings. The summed E-state index contributed by atoms with van der Waals surface area (Å²) in [4.78, 5) is 27.0. The van der Waals surface area contributed by atoms with Gasteiger partial charge in [0.1, 0.15) is 5.75 Å². The number of benzene rings is 3. The zero-order valence-corrected chi connectivity index (χ0v) is 16.9. The first-order valence-corrected chi connectivity index (χ1v) is 9.90. The highest BCUT2D eigenvalue weighted by Crippen LogP contribution is 2.36. The van der Waals surface area contributed by atoms with Crippen LogP contribution in [0, 0.1) is 6.92 Å². The molecule has 0 bridgehead atoms. The van der Waals surface area contributed by atoms with E-state index in [9.17, 15) is 9.59 Å². The van der Waals surface area contributed by atoms with Crippen molar-refractivity contribution in [3.63, 3.8) is 0 Å². The Balaban J connectivity index is 1.39. The Labute approximate surface area is 179 Å². The second kappa shape index (κ2) is 7.68. The molecule has 7 nitrogen and oxygen atoms in total. The van der Waals surface area contributed by atoms with E-state index < -0.39 is 0 Å². The fraction of sp³-hybridized carbons (Fsp3) is 0.167. The molecule has 2 heterocycles. The van der Waals surface area contributed by atoms with E-state index in [4.69, 9.17) is 14.2 Å². The van der Waals surface area contributed by atoms with Gasteiger partial charge in [0, 0.05) is 11.3 Å². The predicted molar refractivity (Wildman–Crippen MR) is 115 cm³/mol. The van der Waals surface area contributed by atoms with Gasteiger partial charge < -0.3 is 24.4 Å². The highest BCUT2D eigenvalue weighted by Gasteiger charge is 2.26. The van der Waals surface area contributed by atoms with Crippen LogP contribution in [0.4, 0.5) is 11.4 Å². The third kappa shape index (κ3) is 3.77. The Morgan fingerprint density at radius 3 is 2.55 bits per heavy atom. The molecule has 5 rings (SSSR count). The highest BCUT2D eigenvalue weighted by molar-refractivity contribution is 6.05. The van der Waals surface area contributed by atoms with Crippen LogP contribution in [0.3, 0.4) is 0 Å². The van der Waals surface area contributed by atoms with Gasteiger partial charge in [-0.25, -0.2) is 0 Å². The van der Waals surface area contributed by atoms with E-state index in [-0.39, 0.29) is 25.2 Å². The first-order chi connectivity index (χ1) is 15.1. The minimum Gasteiger partial charge on any atom is -0.482 e. The van der Waals surface area contributed by atoms with E-state index >= 15 is 0 Å². The minimum absolute atomic E-state index is 0.0121. The SMILES string of the molecule is Cc1ccc(CN2C(=O)COc3ccc(NC(=O)c4ccc5c(c4)OCO5)cc32)cc1. The van der Waals surface area contributed by atoms with Crippen LogP contribution in [0.2, 0.25) is 0 Å². The lowest BCUT2D eigenvalue weighted by Crippen LogP contribution is -2.38. The Morgan fingerprint density at radius 2 is 1.71 bits per heavy atom. The van der Waals surface area contributed by atoms with E-state index in [1.54, 1.807) is 41.3 Å². The quantitative estimate of drug-likeness (QED) is 0.698. The zero-order valence-electron chi connectivity index (χ0n) is 16.9. The molecule has 2 aliphatic rings. The largest absolute Gasteiger partial charge is 0.482 e. The molecule has 156 valence electrons. The summed E-state index contributed by atoms with van der Waals surface area (Å²) in [5.41, 5.74) is 3.81. The van der Waals surface area contributed by atoms with Gasteiger partial charge in [-0.15, -0.1) is 0 Å². The fourth-order valence-corrected chi connectivity index (χ4v) is 3.57. The monoisotopic (exact) mass is 416 g/mol. The van der Waals surface area contributed by atoms with Gasteiger partial charge >= 0.3 is 0 Å². The van der Waals surface area contributed by atoms with Crippen molar-refractivity contribution in [3.05, 3.63) is 77.4 Å². The molecule has 2 amide bonds. The summed E-state index contributed by atoms with van der Waals surface area (Å²) in [6, 6.07) is 18.3. The molecule has 3 aromatic carbocycles.